The molecule has 1 aliphatic carbocycles. The highest BCUT2D eigenvalue weighted by Crippen LogP contribution is 2.29. The van der Waals surface area contributed by atoms with Gasteiger partial charge < -0.3 is 5.32 Å². The topological polar surface area (TPSA) is 24.9 Å². The molecule has 92 valence electrons. The Morgan fingerprint density at radius 2 is 2.00 bits per heavy atom. The SMILES string of the molecule is Clc1cc(Br)cnc1Nc1ccc2c(c1)CCC2. The molecule has 0 saturated heterocycles. The van der Waals surface area contributed by atoms with Crippen molar-refractivity contribution in [1.29, 1.82) is 0 Å². The van der Waals surface area contributed by atoms with Gasteiger partial charge in [0.25, 0.3) is 0 Å². The number of aryl methyl sites for hydroxylation is 2. The highest BCUT2D eigenvalue weighted by atomic mass is 79.9. The lowest BCUT2D eigenvalue weighted by molar-refractivity contribution is 0.912. The monoisotopic (exact) mass is 322 g/mol. The summed E-state index contributed by atoms with van der Waals surface area (Å²) in [5, 5.41) is 3.88. The van der Waals surface area contributed by atoms with Crippen LogP contribution in [0.1, 0.15) is 17.5 Å². The van der Waals surface area contributed by atoms with E-state index in [-0.39, 0.29) is 0 Å². The van der Waals surface area contributed by atoms with Gasteiger partial charge in [0.1, 0.15) is 5.82 Å². The molecule has 0 fully saturated rings. The zero-order valence-corrected chi connectivity index (χ0v) is 12.1. The molecule has 4 heteroatoms. The lowest BCUT2D eigenvalue weighted by Gasteiger charge is -2.09. The van der Waals surface area contributed by atoms with E-state index < -0.39 is 0 Å². The first-order valence-corrected chi connectivity index (χ1v) is 7.09. The van der Waals surface area contributed by atoms with Gasteiger partial charge >= 0.3 is 0 Å². The minimum atomic E-state index is 0.616. The molecule has 0 aliphatic heterocycles. The standard InChI is InChI=1S/C14H12BrClN2/c15-11-7-13(16)14(17-8-11)18-12-5-4-9-2-1-3-10(9)6-12/h4-8H,1-3H2,(H,17,18). The van der Waals surface area contributed by atoms with E-state index in [1.807, 2.05) is 6.07 Å². The van der Waals surface area contributed by atoms with Gasteiger partial charge in [-0.15, -0.1) is 0 Å². The Morgan fingerprint density at radius 3 is 2.83 bits per heavy atom. The number of hydrogen-bond donors (Lipinski definition) is 1. The third kappa shape index (κ3) is 2.38. The van der Waals surface area contributed by atoms with E-state index in [4.69, 9.17) is 11.6 Å². The molecule has 0 spiro atoms. The number of anilines is 2. The van der Waals surface area contributed by atoms with Crippen LogP contribution in [0, 0.1) is 0 Å². The zero-order chi connectivity index (χ0) is 12.5. The van der Waals surface area contributed by atoms with E-state index in [0.717, 1.165) is 10.2 Å². The van der Waals surface area contributed by atoms with E-state index in [1.54, 1.807) is 6.20 Å². The predicted molar refractivity (Wildman–Crippen MR) is 78.7 cm³/mol. The molecule has 2 aromatic rings. The molecule has 1 aliphatic rings. The fourth-order valence-electron chi connectivity index (χ4n) is 2.29. The number of rotatable bonds is 2. The second-order valence-electron chi connectivity index (χ2n) is 4.45. The van der Waals surface area contributed by atoms with Crippen molar-refractivity contribution in [1.82, 2.24) is 4.98 Å². The smallest absolute Gasteiger partial charge is 0.149 e. The Kier molecular flexibility index (Phi) is 3.27. The second-order valence-corrected chi connectivity index (χ2v) is 5.77. The van der Waals surface area contributed by atoms with E-state index in [2.05, 4.69) is 44.4 Å². The van der Waals surface area contributed by atoms with Crippen LogP contribution in [-0.2, 0) is 12.8 Å². The van der Waals surface area contributed by atoms with Crippen LogP contribution in [0.3, 0.4) is 0 Å². The van der Waals surface area contributed by atoms with Gasteiger partial charge in [-0.1, -0.05) is 17.7 Å². The largest absolute Gasteiger partial charge is 0.339 e. The Labute approximate surface area is 120 Å². The molecular formula is C14H12BrClN2. The van der Waals surface area contributed by atoms with Crippen LogP contribution in [0.2, 0.25) is 5.02 Å². The number of fused-ring (bicyclic) bond motifs is 1. The van der Waals surface area contributed by atoms with E-state index in [0.29, 0.717) is 10.8 Å². The Morgan fingerprint density at radius 1 is 1.17 bits per heavy atom. The van der Waals surface area contributed by atoms with Crippen molar-refractivity contribution in [3.8, 4) is 0 Å². The fraction of sp³-hybridized carbons (Fsp3) is 0.214. The summed E-state index contributed by atoms with van der Waals surface area (Å²) < 4.78 is 0.881. The van der Waals surface area contributed by atoms with Crippen molar-refractivity contribution in [2.75, 3.05) is 5.32 Å². The summed E-state index contributed by atoms with van der Waals surface area (Å²) in [6.07, 6.45) is 5.37. The molecule has 1 heterocycles. The van der Waals surface area contributed by atoms with E-state index in [9.17, 15) is 0 Å². The van der Waals surface area contributed by atoms with Gasteiger partial charge in [0.05, 0.1) is 5.02 Å². The van der Waals surface area contributed by atoms with Gasteiger partial charge in [-0.05, 0) is 64.5 Å². The first kappa shape index (κ1) is 12.0. The van der Waals surface area contributed by atoms with Gasteiger partial charge in [0.15, 0.2) is 0 Å². The summed E-state index contributed by atoms with van der Waals surface area (Å²) in [7, 11) is 0. The average molecular weight is 324 g/mol. The summed E-state index contributed by atoms with van der Waals surface area (Å²) in [5.41, 5.74) is 3.95. The molecular weight excluding hydrogens is 312 g/mol. The number of halogens is 2. The van der Waals surface area contributed by atoms with Gasteiger partial charge in [0, 0.05) is 16.4 Å². The first-order chi connectivity index (χ1) is 8.72. The van der Waals surface area contributed by atoms with Gasteiger partial charge in [-0.25, -0.2) is 4.98 Å². The van der Waals surface area contributed by atoms with Crippen LogP contribution in [-0.4, -0.2) is 4.98 Å². The van der Waals surface area contributed by atoms with Crippen molar-refractivity contribution < 1.29 is 0 Å². The molecule has 0 radical (unpaired) electrons. The van der Waals surface area contributed by atoms with Crippen LogP contribution >= 0.6 is 27.5 Å². The molecule has 18 heavy (non-hydrogen) atoms. The maximum absolute atomic E-state index is 6.14. The van der Waals surface area contributed by atoms with Crippen LogP contribution in [0.25, 0.3) is 0 Å². The minimum Gasteiger partial charge on any atom is -0.339 e. The molecule has 3 rings (SSSR count). The number of nitrogens with zero attached hydrogens (tertiary/aromatic N) is 1. The maximum Gasteiger partial charge on any atom is 0.149 e. The van der Waals surface area contributed by atoms with E-state index >= 15 is 0 Å². The molecule has 1 aromatic heterocycles. The molecule has 0 atom stereocenters. The molecule has 0 amide bonds. The number of hydrogen-bond acceptors (Lipinski definition) is 2. The number of nitrogens with one attached hydrogen (secondary N) is 1. The molecule has 1 N–H and O–H groups in total. The number of aromatic nitrogens is 1. The molecule has 0 saturated carbocycles. The number of pyridine rings is 1. The fourth-order valence-corrected chi connectivity index (χ4v) is 2.97. The maximum atomic E-state index is 6.14. The van der Waals surface area contributed by atoms with Crippen molar-refractivity contribution in [2.24, 2.45) is 0 Å². The van der Waals surface area contributed by atoms with Crippen LogP contribution in [0.15, 0.2) is 34.9 Å². The van der Waals surface area contributed by atoms with E-state index in [1.165, 1.54) is 30.4 Å². The van der Waals surface area contributed by atoms with Crippen molar-refractivity contribution >= 4 is 39.0 Å². The summed E-state index contributed by atoms with van der Waals surface area (Å²) >= 11 is 9.49. The average Bonchev–Trinajstić information content (AvgIpc) is 2.80. The lowest BCUT2D eigenvalue weighted by Crippen LogP contribution is -1.95. The third-order valence-corrected chi connectivity index (χ3v) is 3.89. The first-order valence-electron chi connectivity index (χ1n) is 5.92. The van der Waals surface area contributed by atoms with Crippen LogP contribution < -0.4 is 5.32 Å². The van der Waals surface area contributed by atoms with Crippen molar-refractivity contribution in [2.45, 2.75) is 19.3 Å². The van der Waals surface area contributed by atoms with Crippen molar-refractivity contribution in [3.05, 3.63) is 51.1 Å². The quantitative estimate of drug-likeness (QED) is 0.864. The molecule has 1 aromatic carbocycles. The zero-order valence-electron chi connectivity index (χ0n) is 9.71. The summed E-state index contributed by atoms with van der Waals surface area (Å²) in [6.45, 7) is 0. The summed E-state index contributed by atoms with van der Waals surface area (Å²) in [6, 6.07) is 8.31. The molecule has 0 bridgehead atoms. The second kappa shape index (κ2) is 4.90. The minimum absolute atomic E-state index is 0.616. The van der Waals surface area contributed by atoms with Gasteiger partial charge in [-0.3, -0.25) is 0 Å². The van der Waals surface area contributed by atoms with Gasteiger partial charge in [0.2, 0.25) is 0 Å². The van der Waals surface area contributed by atoms with Crippen molar-refractivity contribution in [3.63, 3.8) is 0 Å². The molecule has 2 nitrogen and oxygen atoms in total. The summed E-state index contributed by atoms with van der Waals surface area (Å²) in [4.78, 5) is 4.28. The Hall–Kier alpha value is -1.06. The normalized spacial score (nSPS) is 13.4. The molecule has 0 unspecified atom stereocenters. The third-order valence-electron chi connectivity index (χ3n) is 3.17. The number of benzene rings is 1. The van der Waals surface area contributed by atoms with Gasteiger partial charge in [-0.2, -0.15) is 0 Å². The lowest BCUT2D eigenvalue weighted by atomic mass is 10.1. The highest BCUT2D eigenvalue weighted by molar-refractivity contribution is 9.10. The van der Waals surface area contributed by atoms with Crippen LogP contribution in [0.5, 0.6) is 0 Å². The predicted octanol–water partition coefficient (Wildman–Crippen LogP) is 4.73. The van der Waals surface area contributed by atoms with Crippen LogP contribution in [0.4, 0.5) is 11.5 Å². The summed E-state index contributed by atoms with van der Waals surface area (Å²) in [5.74, 6) is 0.692. The highest BCUT2D eigenvalue weighted by Gasteiger charge is 2.11. The Bertz CT molecular complexity index is 598. The Balaban J connectivity index is 1.88.